The average Bonchev–Trinajstić information content (AvgIpc) is 3.44. The van der Waals surface area contributed by atoms with Crippen LogP contribution in [0.1, 0.15) is 19.1 Å². The highest BCUT2D eigenvalue weighted by Crippen LogP contribution is 2.51. The van der Waals surface area contributed by atoms with E-state index in [0.717, 1.165) is 16.8 Å². The Bertz CT molecular complexity index is 1840. The molecule has 11 unspecified atom stereocenters. The van der Waals surface area contributed by atoms with Gasteiger partial charge in [-0.05, 0) is 6.07 Å². The third kappa shape index (κ3) is 12.1. The van der Waals surface area contributed by atoms with Gasteiger partial charge in [0.2, 0.25) is 11.8 Å². The van der Waals surface area contributed by atoms with E-state index in [1.807, 2.05) is 0 Å². The zero-order chi connectivity index (χ0) is 45.1. The summed E-state index contributed by atoms with van der Waals surface area (Å²) in [5.74, 6) is -7.95. The van der Waals surface area contributed by atoms with Crippen molar-refractivity contribution in [2.24, 2.45) is 0 Å². The summed E-state index contributed by atoms with van der Waals surface area (Å²) in [4.78, 5) is 78.8. The average molecular weight is 913 g/mol. The number of aliphatic hydroxyl groups excluding tert-OH is 9. The van der Waals surface area contributed by atoms with Crippen LogP contribution in [-0.4, -0.2) is 200 Å². The summed E-state index contributed by atoms with van der Waals surface area (Å²) in [7, 11) is -10.8. The summed E-state index contributed by atoms with van der Waals surface area (Å²) in [5.41, 5.74) is 4.85. The molecule has 0 spiro atoms. The lowest BCUT2D eigenvalue weighted by Gasteiger charge is -2.46. The number of anilines is 1. The first-order valence-corrected chi connectivity index (χ1v) is 20.5. The minimum absolute atomic E-state index is 0.0619. The second-order valence-corrected chi connectivity index (χ2v) is 16.4. The highest BCUT2D eigenvalue weighted by Gasteiger charge is 2.59. The normalized spacial score (nSPS) is 35.5. The number of aromatic nitrogens is 1. The maximum Gasteiger partial charge on any atom is 0.475 e. The zero-order valence-corrected chi connectivity index (χ0v) is 32.5. The number of ether oxygens (including phenoxy) is 3. The van der Waals surface area contributed by atoms with Crippen LogP contribution < -0.4 is 21.9 Å². The fourth-order valence-electron chi connectivity index (χ4n) is 6.35. The van der Waals surface area contributed by atoms with Gasteiger partial charge >= 0.3 is 21.6 Å². The molecule has 1 aromatic rings. The lowest BCUT2D eigenvalue weighted by atomic mass is 9.88. The van der Waals surface area contributed by atoms with Crippen LogP contribution in [0.3, 0.4) is 0 Å². The van der Waals surface area contributed by atoms with Crippen LogP contribution in [0.5, 0.6) is 0 Å². The molecule has 3 saturated heterocycles. The number of amides is 2. The predicted molar refractivity (Wildman–Crippen MR) is 187 cm³/mol. The highest BCUT2D eigenvalue weighted by atomic mass is 31.2. The van der Waals surface area contributed by atoms with Gasteiger partial charge in [0.1, 0.15) is 61.0 Å². The highest BCUT2D eigenvalue weighted by molar-refractivity contribution is 7.47. The smallest absolute Gasteiger partial charge is 0.475 e. The first-order chi connectivity index (χ1) is 27.8. The van der Waals surface area contributed by atoms with Crippen LogP contribution in [0, 0.1) is 0 Å². The number of aliphatic carboxylic acids is 1. The summed E-state index contributed by atoms with van der Waals surface area (Å²) >= 11 is 0. The van der Waals surface area contributed by atoms with E-state index < -0.39 is 169 Å². The molecule has 29 nitrogen and oxygen atoms in total. The van der Waals surface area contributed by atoms with Gasteiger partial charge < -0.3 is 96.3 Å². The number of nitrogens with two attached hydrogens (primary N) is 1. The van der Waals surface area contributed by atoms with E-state index in [-0.39, 0.29) is 5.69 Å². The molecule has 4 heterocycles. The molecule has 3 aliphatic heterocycles. The van der Waals surface area contributed by atoms with Gasteiger partial charge in [0.15, 0.2) is 6.23 Å². The van der Waals surface area contributed by atoms with Gasteiger partial charge in [-0.15, -0.1) is 0 Å². The first kappa shape index (κ1) is 49.6. The van der Waals surface area contributed by atoms with E-state index in [0.29, 0.717) is 0 Å². The monoisotopic (exact) mass is 912 g/mol. The predicted octanol–water partition coefficient (Wildman–Crippen LogP) is -8.22. The number of hydrogen-bond donors (Lipinski definition) is 16. The standard InChI is InChI=1S/C29H46N4O25P2/c30-10-1-2-33(18(39)3-10)27-25(45)23(43)15(56-27)9-54-60(51,52)58-29(28(46)47)5-11(35)19(26(57-29)20(40)12(36)7-34)32-17(38)6-31-16(37)4-13-21(41)24(44)22(42)14(55-13)8-53-59(48,49)50/h1-3,11-15,19-27,34-36,40-45H,4-9,30H2,(H,31,37)(H,32,38)(H,46,47)(H,51,52)(H2,48,49,50)/t11?,12-,13-,14?,15?,19?,20-,21?,22-,23?,24-,25?,26?,27?,29?/m1/s1. The van der Waals surface area contributed by atoms with Gasteiger partial charge in [-0.2, -0.15) is 0 Å². The van der Waals surface area contributed by atoms with Crippen molar-refractivity contribution in [2.45, 2.75) is 104 Å². The van der Waals surface area contributed by atoms with E-state index in [1.54, 1.807) is 0 Å². The van der Waals surface area contributed by atoms with Gasteiger partial charge in [-0.25, -0.2) is 18.4 Å². The van der Waals surface area contributed by atoms with E-state index in [1.165, 1.54) is 6.07 Å². The second-order valence-electron chi connectivity index (χ2n) is 13.8. The molecule has 0 bridgehead atoms. The molecule has 60 heavy (non-hydrogen) atoms. The van der Waals surface area contributed by atoms with Gasteiger partial charge in [-0.3, -0.25) is 28.0 Å². The molecule has 2 amide bonds. The van der Waals surface area contributed by atoms with E-state index >= 15 is 0 Å². The largest absolute Gasteiger partial charge is 0.477 e. The van der Waals surface area contributed by atoms with Crippen molar-refractivity contribution in [3.63, 3.8) is 0 Å². The number of nitrogens with zero attached hydrogens (tertiary/aromatic N) is 1. The van der Waals surface area contributed by atoms with Crippen molar-refractivity contribution in [2.75, 3.05) is 32.1 Å². The maximum atomic E-state index is 13.1. The summed E-state index contributed by atoms with van der Waals surface area (Å²) < 4.78 is 54.9. The molecule has 0 saturated carbocycles. The molecule has 3 aliphatic rings. The van der Waals surface area contributed by atoms with Gasteiger partial charge in [0, 0.05) is 24.4 Å². The Labute approximate surface area is 336 Å². The van der Waals surface area contributed by atoms with Crippen molar-refractivity contribution < 1.29 is 117 Å². The summed E-state index contributed by atoms with van der Waals surface area (Å²) in [6.45, 7) is -4.28. The summed E-state index contributed by atoms with van der Waals surface area (Å²) in [6, 6.07) is 0.306. The molecule has 16 atom stereocenters. The van der Waals surface area contributed by atoms with Crippen molar-refractivity contribution in [1.29, 1.82) is 0 Å². The third-order valence-electron chi connectivity index (χ3n) is 9.44. The zero-order valence-electron chi connectivity index (χ0n) is 30.7. The Balaban J connectivity index is 1.41. The van der Waals surface area contributed by atoms with Crippen LogP contribution >= 0.6 is 15.6 Å². The Morgan fingerprint density at radius 3 is 2.12 bits per heavy atom. The van der Waals surface area contributed by atoms with Gasteiger partial charge in [0.05, 0.1) is 51.0 Å². The minimum atomic E-state index is -5.71. The lowest BCUT2D eigenvalue weighted by Crippen LogP contribution is -2.68. The number of nitrogen functional groups attached to an aromatic ring is 1. The molecule has 31 heteroatoms. The number of aliphatic hydroxyl groups is 9. The quantitative estimate of drug-likeness (QED) is 0.0608. The number of rotatable bonds is 18. The number of nitrogens with one attached hydrogen (secondary N) is 2. The first-order valence-electron chi connectivity index (χ1n) is 17.5. The van der Waals surface area contributed by atoms with Crippen LogP contribution in [-0.2, 0) is 51.3 Å². The van der Waals surface area contributed by atoms with Crippen LogP contribution in [0.25, 0.3) is 0 Å². The van der Waals surface area contributed by atoms with Crippen LogP contribution in [0.4, 0.5) is 5.69 Å². The fourth-order valence-corrected chi connectivity index (χ4v) is 7.65. The molecule has 17 N–H and O–H groups in total. The van der Waals surface area contributed by atoms with Gasteiger partial charge in [0.25, 0.3) is 11.3 Å². The molecule has 0 aromatic carbocycles. The molecular formula is C29H46N4O25P2. The van der Waals surface area contributed by atoms with Crippen molar-refractivity contribution in [3.8, 4) is 0 Å². The Morgan fingerprint density at radius 1 is 0.917 bits per heavy atom. The number of phosphoric ester groups is 2. The molecular weight excluding hydrogens is 866 g/mol. The molecule has 4 rings (SSSR count). The number of pyridine rings is 1. The maximum absolute atomic E-state index is 13.1. The van der Waals surface area contributed by atoms with Gasteiger partial charge in [-0.1, -0.05) is 0 Å². The van der Waals surface area contributed by atoms with E-state index in [4.69, 9.17) is 38.8 Å². The third-order valence-corrected chi connectivity index (χ3v) is 10.9. The van der Waals surface area contributed by atoms with Crippen molar-refractivity contribution in [3.05, 3.63) is 28.7 Å². The van der Waals surface area contributed by atoms with Crippen molar-refractivity contribution in [1.82, 2.24) is 15.2 Å². The number of carbonyl (C=O) groups excluding carboxylic acids is 2. The van der Waals surface area contributed by atoms with Crippen LogP contribution in [0.2, 0.25) is 0 Å². The Kier molecular flexibility index (Phi) is 16.5. The molecule has 0 radical (unpaired) electrons. The lowest BCUT2D eigenvalue weighted by molar-refractivity contribution is -0.289. The fraction of sp³-hybridized carbons (Fsp3) is 0.724. The number of carboxylic acid groups (broad SMARTS) is 1. The summed E-state index contributed by atoms with van der Waals surface area (Å²) in [6.07, 6.45) is -26.0. The Hall–Kier alpha value is -3.10. The van der Waals surface area contributed by atoms with Crippen LogP contribution in [0.15, 0.2) is 23.1 Å². The van der Waals surface area contributed by atoms with Crippen molar-refractivity contribution >= 4 is 39.1 Å². The SMILES string of the molecule is Nc1ccn(C2OC(COP(=O)(O)OC3(C(=O)O)CC(O)C(NC(=O)CNC(=O)C[C@H]4OC(COP(=O)(O)O)[C@@H](O)[C@H](O)C4O)C([C@H](O)[C@H](O)CO)O3)C(O)C2O)c(=O)c1. The molecule has 3 fully saturated rings. The second kappa shape index (κ2) is 19.9. The van der Waals surface area contributed by atoms with E-state index in [2.05, 4.69) is 15.2 Å². The molecule has 0 aliphatic carbocycles. The molecule has 1 aromatic heterocycles. The number of hydrogen-bond acceptors (Lipinski definition) is 22. The Morgan fingerprint density at radius 2 is 1.52 bits per heavy atom. The summed E-state index contributed by atoms with van der Waals surface area (Å²) in [5, 5.41) is 107. The number of phosphoric acid groups is 2. The minimum Gasteiger partial charge on any atom is -0.477 e. The number of carbonyl (C=O) groups is 3. The number of carboxylic acids is 1. The topological polar surface area (TPSA) is 476 Å². The molecule has 342 valence electrons. The van der Waals surface area contributed by atoms with E-state index in [9.17, 15) is 84.3 Å².